The minimum atomic E-state index is -0.137. The molecule has 4 nitrogen and oxygen atoms in total. The lowest BCUT2D eigenvalue weighted by atomic mass is 10.1. The summed E-state index contributed by atoms with van der Waals surface area (Å²) in [5, 5.41) is 3.07. The van der Waals surface area contributed by atoms with Gasteiger partial charge in [-0.2, -0.15) is 0 Å². The molecule has 1 amide bonds. The SMILES string of the molecule is CC(C(=O)NC1CC1)N1CCN(Cc2ccccc2F)CC1. The lowest BCUT2D eigenvalue weighted by molar-refractivity contribution is -0.126. The second-order valence-corrected chi connectivity index (χ2v) is 6.36. The number of hydrogen-bond donors (Lipinski definition) is 1. The van der Waals surface area contributed by atoms with E-state index in [1.165, 1.54) is 6.07 Å². The summed E-state index contributed by atoms with van der Waals surface area (Å²) in [5.74, 6) is 0.00663. The van der Waals surface area contributed by atoms with Crippen LogP contribution in [0.4, 0.5) is 4.39 Å². The minimum absolute atomic E-state index is 0.0730. The predicted molar refractivity (Wildman–Crippen MR) is 83.9 cm³/mol. The van der Waals surface area contributed by atoms with E-state index >= 15 is 0 Å². The van der Waals surface area contributed by atoms with E-state index in [2.05, 4.69) is 15.1 Å². The number of piperazine rings is 1. The van der Waals surface area contributed by atoms with Gasteiger partial charge in [-0.05, 0) is 25.8 Å². The van der Waals surface area contributed by atoms with E-state index in [4.69, 9.17) is 0 Å². The van der Waals surface area contributed by atoms with Crippen LogP contribution in [0.1, 0.15) is 25.3 Å². The van der Waals surface area contributed by atoms with Crippen molar-refractivity contribution < 1.29 is 9.18 Å². The molecule has 2 fully saturated rings. The van der Waals surface area contributed by atoms with Crippen molar-refractivity contribution in [1.29, 1.82) is 0 Å². The highest BCUT2D eigenvalue weighted by atomic mass is 19.1. The fraction of sp³-hybridized carbons (Fsp3) is 0.588. The minimum Gasteiger partial charge on any atom is -0.352 e. The normalized spacial score (nSPS) is 21.5. The quantitative estimate of drug-likeness (QED) is 0.898. The van der Waals surface area contributed by atoms with Gasteiger partial charge in [-0.15, -0.1) is 0 Å². The highest BCUT2D eigenvalue weighted by Gasteiger charge is 2.30. The van der Waals surface area contributed by atoms with Crippen molar-refractivity contribution >= 4 is 5.91 Å². The molecule has 1 saturated carbocycles. The van der Waals surface area contributed by atoms with Gasteiger partial charge in [0.15, 0.2) is 0 Å². The van der Waals surface area contributed by atoms with Gasteiger partial charge in [-0.25, -0.2) is 4.39 Å². The molecule has 1 aliphatic carbocycles. The van der Waals surface area contributed by atoms with Gasteiger partial charge >= 0.3 is 0 Å². The Kier molecular flexibility index (Phi) is 4.74. The summed E-state index contributed by atoms with van der Waals surface area (Å²) in [6.07, 6.45) is 2.24. The molecule has 1 heterocycles. The Bertz CT molecular complexity index is 524. The number of benzene rings is 1. The van der Waals surface area contributed by atoms with Crippen LogP contribution in [0.3, 0.4) is 0 Å². The van der Waals surface area contributed by atoms with Crippen molar-refractivity contribution in [2.45, 2.75) is 38.4 Å². The van der Waals surface area contributed by atoms with Crippen molar-refractivity contribution in [3.63, 3.8) is 0 Å². The van der Waals surface area contributed by atoms with E-state index < -0.39 is 0 Å². The molecule has 0 aromatic heterocycles. The largest absolute Gasteiger partial charge is 0.352 e. The monoisotopic (exact) mass is 305 g/mol. The number of nitrogens with zero attached hydrogens (tertiary/aromatic N) is 2. The molecule has 22 heavy (non-hydrogen) atoms. The Morgan fingerprint density at radius 1 is 1.27 bits per heavy atom. The van der Waals surface area contributed by atoms with E-state index in [9.17, 15) is 9.18 Å². The second-order valence-electron chi connectivity index (χ2n) is 6.36. The summed E-state index contributed by atoms with van der Waals surface area (Å²) < 4.78 is 13.7. The molecule has 120 valence electrons. The number of carbonyl (C=O) groups excluding carboxylic acids is 1. The van der Waals surface area contributed by atoms with Crippen LogP contribution in [0.5, 0.6) is 0 Å². The fourth-order valence-electron chi connectivity index (χ4n) is 2.89. The first-order valence-corrected chi connectivity index (χ1v) is 8.13. The number of hydrogen-bond acceptors (Lipinski definition) is 3. The average Bonchev–Trinajstić information content (AvgIpc) is 3.33. The van der Waals surface area contributed by atoms with E-state index in [1.807, 2.05) is 19.1 Å². The lowest BCUT2D eigenvalue weighted by Gasteiger charge is -2.37. The molecule has 2 aliphatic rings. The van der Waals surface area contributed by atoms with Crippen LogP contribution >= 0.6 is 0 Å². The molecule has 1 saturated heterocycles. The zero-order valence-corrected chi connectivity index (χ0v) is 13.1. The first-order chi connectivity index (χ1) is 10.6. The van der Waals surface area contributed by atoms with Crippen LogP contribution in [0.25, 0.3) is 0 Å². The topological polar surface area (TPSA) is 35.6 Å². The summed E-state index contributed by atoms with van der Waals surface area (Å²) in [7, 11) is 0. The van der Waals surface area contributed by atoms with Gasteiger partial charge in [0.25, 0.3) is 0 Å². The molecule has 3 rings (SSSR count). The third kappa shape index (κ3) is 3.84. The van der Waals surface area contributed by atoms with Crippen molar-refractivity contribution in [1.82, 2.24) is 15.1 Å². The van der Waals surface area contributed by atoms with Crippen molar-refractivity contribution in [2.24, 2.45) is 0 Å². The highest BCUT2D eigenvalue weighted by Crippen LogP contribution is 2.19. The summed E-state index contributed by atoms with van der Waals surface area (Å²) >= 11 is 0. The Morgan fingerprint density at radius 3 is 2.59 bits per heavy atom. The molecule has 1 aromatic rings. The first kappa shape index (κ1) is 15.4. The zero-order chi connectivity index (χ0) is 15.5. The Hall–Kier alpha value is -1.46. The van der Waals surface area contributed by atoms with Crippen LogP contribution in [0.15, 0.2) is 24.3 Å². The summed E-state index contributed by atoms with van der Waals surface area (Å²) in [6, 6.07) is 7.28. The molecule has 5 heteroatoms. The average molecular weight is 305 g/mol. The van der Waals surface area contributed by atoms with Crippen LogP contribution in [0, 0.1) is 5.82 Å². The molecule has 1 atom stereocenters. The van der Waals surface area contributed by atoms with Crippen LogP contribution < -0.4 is 5.32 Å². The van der Waals surface area contributed by atoms with E-state index in [-0.39, 0.29) is 17.8 Å². The van der Waals surface area contributed by atoms with E-state index in [0.717, 1.165) is 44.6 Å². The molecule has 0 bridgehead atoms. The Morgan fingerprint density at radius 2 is 1.95 bits per heavy atom. The van der Waals surface area contributed by atoms with E-state index in [1.54, 1.807) is 6.07 Å². The first-order valence-electron chi connectivity index (χ1n) is 8.13. The number of halogens is 1. The molecule has 1 unspecified atom stereocenters. The maximum Gasteiger partial charge on any atom is 0.237 e. The molecule has 1 N–H and O–H groups in total. The highest BCUT2D eigenvalue weighted by molar-refractivity contribution is 5.81. The Labute approximate surface area is 131 Å². The van der Waals surface area contributed by atoms with Crippen molar-refractivity contribution in [2.75, 3.05) is 26.2 Å². The summed E-state index contributed by atoms with van der Waals surface area (Å²) in [4.78, 5) is 16.6. The molecular weight excluding hydrogens is 281 g/mol. The van der Waals surface area contributed by atoms with Gasteiger partial charge in [0.2, 0.25) is 5.91 Å². The molecule has 1 aliphatic heterocycles. The maximum atomic E-state index is 13.7. The molecule has 0 radical (unpaired) electrons. The van der Waals surface area contributed by atoms with Gasteiger partial charge < -0.3 is 5.32 Å². The third-order valence-electron chi connectivity index (χ3n) is 4.61. The standard InChI is InChI=1S/C17H24FN3O/c1-13(17(22)19-15-6-7-15)21-10-8-20(9-11-21)12-14-4-2-3-5-16(14)18/h2-5,13,15H,6-12H2,1H3,(H,19,22). The van der Waals surface area contributed by atoms with Gasteiger partial charge in [0, 0.05) is 44.3 Å². The number of carbonyl (C=O) groups is 1. The summed E-state index contributed by atoms with van der Waals surface area (Å²) in [6.45, 7) is 6.07. The van der Waals surface area contributed by atoms with Crippen LogP contribution in [-0.4, -0.2) is 54.0 Å². The van der Waals surface area contributed by atoms with E-state index in [0.29, 0.717) is 12.6 Å². The molecule has 0 spiro atoms. The molecular formula is C17H24FN3O. The van der Waals surface area contributed by atoms with Crippen molar-refractivity contribution in [3.8, 4) is 0 Å². The van der Waals surface area contributed by atoms with Gasteiger partial charge in [0.1, 0.15) is 5.82 Å². The second kappa shape index (κ2) is 6.75. The number of nitrogens with one attached hydrogen (secondary N) is 1. The number of rotatable bonds is 5. The molecule has 1 aromatic carbocycles. The van der Waals surface area contributed by atoms with Crippen LogP contribution in [-0.2, 0) is 11.3 Å². The Balaban J connectivity index is 1.47. The zero-order valence-electron chi connectivity index (χ0n) is 13.1. The fourth-order valence-corrected chi connectivity index (χ4v) is 2.89. The predicted octanol–water partition coefficient (Wildman–Crippen LogP) is 1.61. The van der Waals surface area contributed by atoms with Gasteiger partial charge in [0.05, 0.1) is 6.04 Å². The van der Waals surface area contributed by atoms with Crippen molar-refractivity contribution in [3.05, 3.63) is 35.6 Å². The summed E-state index contributed by atoms with van der Waals surface area (Å²) in [5.41, 5.74) is 0.746. The maximum absolute atomic E-state index is 13.7. The lowest BCUT2D eigenvalue weighted by Crippen LogP contribution is -2.53. The number of amides is 1. The third-order valence-corrected chi connectivity index (χ3v) is 4.61. The van der Waals surface area contributed by atoms with Gasteiger partial charge in [-0.3, -0.25) is 14.6 Å². The van der Waals surface area contributed by atoms with Gasteiger partial charge in [-0.1, -0.05) is 18.2 Å². The van der Waals surface area contributed by atoms with Crippen LogP contribution in [0.2, 0.25) is 0 Å². The smallest absolute Gasteiger partial charge is 0.237 e.